The highest BCUT2D eigenvalue weighted by Gasteiger charge is 2.25. The lowest BCUT2D eigenvalue weighted by Crippen LogP contribution is -2.32. The first-order valence-corrected chi connectivity index (χ1v) is 8.43. The van der Waals surface area contributed by atoms with Gasteiger partial charge in [-0.25, -0.2) is 17.2 Å². The van der Waals surface area contributed by atoms with Gasteiger partial charge in [-0.3, -0.25) is 4.31 Å². The fourth-order valence-electron chi connectivity index (χ4n) is 2.09. The van der Waals surface area contributed by atoms with Gasteiger partial charge in [0, 0.05) is 12.6 Å². The summed E-state index contributed by atoms with van der Waals surface area (Å²) in [6.45, 7) is 2.19. The zero-order chi connectivity index (χ0) is 16.2. The van der Waals surface area contributed by atoms with Crippen LogP contribution < -0.4 is 4.31 Å². The number of unbranched alkanes of at least 4 members (excludes halogenated alkanes) is 1. The average Bonchev–Trinajstić information content (AvgIpc) is 2.47. The second-order valence-electron chi connectivity index (χ2n) is 4.87. The lowest BCUT2D eigenvalue weighted by Gasteiger charge is -2.24. The minimum atomic E-state index is -4.02. The van der Waals surface area contributed by atoms with Gasteiger partial charge in [0.25, 0.3) is 10.0 Å². The summed E-state index contributed by atoms with van der Waals surface area (Å²) in [5.74, 6) is -1.83. The minimum Gasteiger partial charge on any atom is -0.266 e. The minimum absolute atomic E-state index is 0.251. The molecule has 3 nitrogen and oxygen atoms in total. The van der Waals surface area contributed by atoms with Crippen LogP contribution >= 0.6 is 0 Å². The van der Waals surface area contributed by atoms with E-state index in [1.165, 1.54) is 4.31 Å². The van der Waals surface area contributed by atoms with Crippen molar-refractivity contribution in [3.63, 3.8) is 0 Å². The van der Waals surface area contributed by atoms with Crippen molar-refractivity contribution in [2.45, 2.75) is 24.7 Å². The molecule has 22 heavy (non-hydrogen) atoms. The second-order valence-corrected chi connectivity index (χ2v) is 6.73. The molecule has 0 N–H and O–H groups in total. The highest BCUT2D eigenvalue weighted by molar-refractivity contribution is 7.92. The van der Waals surface area contributed by atoms with Gasteiger partial charge >= 0.3 is 0 Å². The Morgan fingerprint density at radius 2 is 1.59 bits per heavy atom. The molecule has 2 aromatic rings. The molecule has 0 radical (unpaired) electrons. The fourth-order valence-corrected chi connectivity index (χ4v) is 3.63. The highest BCUT2D eigenvalue weighted by atomic mass is 32.2. The standard InChI is InChI=1S/C16H17F2NO2S/c1-2-3-9-19(15-7-5-4-6-8-15)22(20,21)16-11-13(17)10-14(18)12-16/h4-8,10-12H,2-3,9H2,1H3. The zero-order valence-corrected chi connectivity index (χ0v) is 13.0. The third kappa shape index (κ3) is 3.62. The quantitative estimate of drug-likeness (QED) is 0.806. The van der Waals surface area contributed by atoms with Crippen LogP contribution in [0.15, 0.2) is 53.4 Å². The third-order valence-corrected chi connectivity index (χ3v) is 4.99. The van der Waals surface area contributed by atoms with Crippen LogP contribution in [-0.2, 0) is 10.0 Å². The lowest BCUT2D eigenvalue weighted by atomic mass is 10.3. The smallest absolute Gasteiger partial charge is 0.264 e. The number of anilines is 1. The van der Waals surface area contributed by atoms with E-state index in [9.17, 15) is 17.2 Å². The first kappa shape index (κ1) is 16.4. The number of rotatable bonds is 6. The molecule has 0 spiro atoms. The molecule has 0 aliphatic heterocycles. The van der Waals surface area contributed by atoms with Gasteiger partial charge in [-0.05, 0) is 30.7 Å². The van der Waals surface area contributed by atoms with E-state index in [0.29, 0.717) is 18.2 Å². The second kappa shape index (κ2) is 6.87. The molecule has 0 heterocycles. The van der Waals surface area contributed by atoms with Crippen LogP contribution in [0, 0.1) is 11.6 Å². The van der Waals surface area contributed by atoms with Crippen molar-refractivity contribution in [1.29, 1.82) is 0 Å². The van der Waals surface area contributed by atoms with Gasteiger partial charge in [0.2, 0.25) is 0 Å². The Morgan fingerprint density at radius 3 is 2.14 bits per heavy atom. The number of sulfonamides is 1. The third-order valence-electron chi connectivity index (χ3n) is 3.18. The van der Waals surface area contributed by atoms with Crippen molar-refractivity contribution in [1.82, 2.24) is 0 Å². The number of halogens is 2. The molecule has 0 aliphatic carbocycles. The molecule has 0 amide bonds. The first-order chi connectivity index (χ1) is 10.4. The van der Waals surface area contributed by atoms with Crippen LogP contribution in [0.5, 0.6) is 0 Å². The summed E-state index contributed by atoms with van der Waals surface area (Å²) in [5, 5.41) is 0. The molecular formula is C16H17F2NO2S. The van der Waals surface area contributed by atoms with Gasteiger partial charge < -0.3 is 0 Å². The largest absolute Gasteiger partial charge is 0.266 e. The molecule has 0 unspecified atom stereocenters. The number of benzene rings is 2. The highest BCUT2D eigenvalue weighted by Crippen LogP contribution is 2.25. The topological polar surface area (TPSA) is 37.4 Å². The Bertz CT molecular complexity index is 713. The van der Waals surface area contributed by atoms with E-state index in [1.807, 2.05) is 6.92 Å². The first-order valence-electron chi connectivity index (χ1n) is 6.99. The maximum atomic E-state index is 13.4. The molecule has 0 bridgehead atoms. The van der Waals surface area contributed by atoms with Gasteiger partial charge in [-0.2, -0.15) is 0 Å². The van der Waals surface area contributed by atoms with Crippen LogP contribution in [0.1, 0.15) is 19.8 Å². The molecule has 118 valence electrons. The molecule has 0 aromatic heterocycles. The number of para-hydroxylation sites is 1. The van der Waals surface area contributed by atoms with Crippen molar-refractivity contribution in [2.75, 3.05) is 10.8 Å². The Kier molecular flexibility index (Phi) is 5.13. The van der Waals surface area contributed by atoms with E-state index < -0.39 is 21.7 Å². The summed E-state index contributed by atoms with van der Waals surface area (Å²) in [6, 6.07) is 10.8. The van der Waals surface area contributed by atoms with Crippen molar-refractivity contribution in [3.05, 3.63) is 60.2 Å². The number of hydrogen-bond acceptors (Lipinski definition) is 2. The Hall–Kier alpha value is -1.95. The van der Waals surface area contributed by atoms with Gasteiger partial charge in [-0.15, -0.1) is 0 Å². The predicted octanol–water partition coefficient (Wildman–Crippen LogP) is 3.96. The molecule has 2 aromatic carbocycles. The van der Waals surface area contributed by atoms with Crippen LogP contribution in [-0.4, -0.2) is 15.0 Å². The van der Waals surface area contributed by atoms with Crippen molar-refractivity contribution < 1.29 is 17.2 Å². The van der Waals surface area contributed by atoms with E-state index in [0.717, 1.165) is 18.6 Å². The van der Waals surface area contributed by atoms with E-state index in [1.54, 1.807) is 30.3 Å². The monoisotopic (exact) mass is 325 g/mol. The van der Waals surface area contributed by atoms with Crippen LogP contribution in [0.3, 0.4) is 0 Å². The summed E-state index contributed by atoms with van der Waals surface area (Å²) < 4.78 is 53.4. The maximum absolute atomic E-state index is 13.4. The molecule has 2 rings (SSSR count). The summed E-state index contributed by atoms with van der Waals surface area (Å²) in [7, 11) is -4.02. The Balaban J connectivity index is 2.49. The molecule has 0 fully saturated rings. The Labute approximate surface area is 129 Å². The average molecular weight is 325 g/mol. The van der Waals surface area contributed by atoms with Crippen LogP contribution in [0.2, 0.25) is 0 Å². The van der Waals surface area contributed by atoms with E-state index >= 15 is 0 Å². The fraction of sp³-hybridized carbons (Fsp3) is 0.250. The van der Waals surface area contributed by atoms with E-state index in [-0.39, 0.29) is 11.4 Å². The normalized spacial score (nSPS) is 11.4. The van der Waals surface area contributed by atoms with Crippen molar-refractivity contribution in [2.24, 2.45) is 0 Å². The summed E-state index contributed by atoms with van der Waals surface area (Å²) in [5.41, 5.74) is 0.473. The SMILES string of the molecule is CCCCN(c1ccccc1)S(=O)(=O)c1cc(F)cc(F)c1. The van der Waals surface area contributed by atoms with Gasteiger partial charge in [0.1, 0.15) is 11.6 Å². The predicted molar refractivity (Wildman–Crippen MR) is 82.2 cm³/mol. The number of nitrogens with zero attached hydrogens (tertiary/aromatic N) is 1. The van der Waals surface area contributed by atoms with Crippen LogP contribution in [0.25, 0.3) is 0 Å². The summed E-state index contributed by atoms with van der Waals surface area (Å²) >= 11 is 0. The summed E-state index contributed by atoms with van der Waals surface area (Å²) in [4.78, 5) is -0.384. The van der Waals surface area contributed by atoms with E-state index in [4.69, 9.17) is 0 Å². The van der Waals surface area contributed by atoms with Gasteiger partial charge in [0.05, 0.1) is 10.6 Å². The molecule has 0 atom stereocenters. The van der Waals surface area contributed by atoms with Gasteiger partial charge in [-0.1, -0.05) is 31.5 Å². The molecule has 0 aliphatic rings. The van der Waals surface area contributed by atoms with Crippen molar-refractivity contribution in [3.8, 4) is 0 Å². The van der Waals surface area contributed by atoms with Gasteiger partial charge in [0.15, 0.2) is 0 Å². The van der Waals surface area contributed by atoms with Crippen LogP contribution in [0.4, 0.5) is 14.5 Å². The number of hydrogen-bond donors (Lipinski definition) is 0. The molecular weight excluding hydrogens is 308 g/mol. The zero-order valence-electron chi connectivity index (χ0n) is 12.2. The summed E-state index contributed by atoms with van der Waals surface area (Å²) in [6.07, 6.45) is 1.45. The molecule has 0 saturated heterocycles. The molecule has 6 heteroatoms. The van der Waals surface area contributed by atoms with Crippen molar-refractivity contribution >= 4 is 15.7 Å². The lowest BCUT2D eigenvalue weighted by molar-refractivity contribution is 0.564. The van der Waals surface area contributed by atoms with E-state index in [2.05, 4.69) is 0 Å². The molecule has 0 saturated carbocycles. The maximum Gasteiger partial charge on any atom is 0.264 e. The Morgan fingerprint density at radius 1 is 1.00 bits per heavy atom.